The summed E-state index contributed by atoms with van der Waals surface area (Å²) in [6, 6.07) is 18.0. The largest absolute Gasteiger partial charge is 0.493 e. The zero-order valence-electron chi connectivity index (χ0n) is 17.5. The van der Waals surface area contributed by atoms with Crippen LogP contribution in [0.3, 0.4) is 0 Å². The lowest BCUT2D eigenvalue weighted by Crippen LogP contribution is -2.36. The maximum Gasteiger partial charge on any atom is 0.247 e. The highest BCUT2D eigenvalue weighted by atomic mass is 32.2. The Labute approximate surface area is 187 Å². The second-order valence-corrected chi connectivity index (χ2v) is 8.26. The zero-order valence-corrected chi connectivity index (χ0v) is 18.3. The minimum absolute atomic E-state index is 0.556. The molecule has 4 rings (SSSR count). The summed E-state index contributed by atoms with van der Waals surface area (Å²) < 4.78 is 16.9. The Morgan fingerprint density at radius 3 is 2.61 bits per heavy atom. The lowest BCUT2D eigenvalue weighted by molar-refractivity contribution is 0.0435. The first-order valence-electron chi connectivity index (χ1n) is 10.5. The molecule has 1 aliphatic rings. The standard InChI is InChI=1S/C24H27N3O3S/c1-2-6-22(7-3-1)29-17-18-31-19-23-25-26-24(30-23)21-10-8-20(9-11-21)5-4-12-27-13-15-28-16-14-27/h1-11H,12-19H2/b5-4+. The molecule has 162 valence electrons. The topological polar surface area (TPSA) is 60.6 Å². The molecule has 0 N–H and O–H groups in total. The van der Waals surface area contributed by atoms with E-state index in [4.69, 9.17) is 13.9 Å². The number of ether oxygens (including phenoxy) is 2. The molecule has 0 bridgehead atoms. The summed E-state index contributed by atoms with van der Waals surface area (Å²) in [6.07, 6.45) is 4.34. The molecule has 2 aromatic carbocycles. The van der Waals surface area contributed by atoms with Gasteiger partial charge in [-0.25, -0.2) is 0 Å². The van der Waals surface area contributed by atoms with Gasteiger partial charge >= 0.3 is 0 Å². The molecule has 0 amide bonds. The smallest absolute Gasteiger partial charge is 0.247 e. The van der Waals surface area contributed by atoms with E-state index in [-0.39, 0.29) is 0 Å². The van der Waals surface area contributed by atoms with Crippen molar-refractivity contribution in [2.45, 2.75) is 5.75 Å². The normalized spacial score (nSPS) is 14.8. The van der Waals surface area contributed by atoms with Gasteiger partial charge in [0.05, 0.1) is 25.6 Å². The summed E-state index contributed by atoms with van der Waals surface area (Å²) in [5, 5.41) is 8.35. The molecule has 6 nitrogen and oxygen atoms in total. The van der Waals surface area contributed by atoms with Gasteiger partial charge in [0.25, 0.3) is 0 Å². The highest BCUT2D eigenvalue weighted by Crippen LogP contribution is 2.21. The van der Waals surface area contributed by atoms with Crippen LogP contribution in [0.25, 0.3) is 17.5 Å². The van der Waals surface area contributed by atoms with Gasteiger partial charge in [-0.2, -0.15) is 0 Å². The summed E-state index contributed by atoms with van der Waals surface area (Å²) in [4.78, 5) is 2.39. The van der Waals surface area contributed by atoms with Crippen molar-refractivity contribution >= 4 is 17.8 Å². The number of aromatic nitrogens is 2. The van der Waals surface area contributed by atoms with Crippen molar-refractivity contribution in [3.63, 3.8) is 0 Å². The van der Waals surface area contributed by atoms with Crippen molar-refractivity contribution in [1.29, 1.82) is 0 Å². The third-order valence-electron chi connectivity index (χ3n) is 4.87. The number of hydrogen-bond acceptors (Lipinski definition) is 7. The average Bonchev–Trinajstić information content (AvgIpc) is 3.30. The van der Waals surface area contributed by atoms with Crippen LogP contribution in [-0.2, 0) is 10.5 Å². The van der Waals surface area contributed by atoms with Gasteiger partial charge in [-0.1, -0.05) is 42.5 Å². The van der Waals surface area contributed by atoms with Gasteiger partial charge in [0, 0.05) is 31.0 Å². The summed E-state index contributed by atoms with van der Waals surface area (Å²) in [7, 11) is 0. The van der Waals surface area contributed by atoms with Crippen LogP contribution in [0.2, 0.25) is 0 Å². The Bertz CT molecular complexity index is 938. The van der Waals surface area contributed by atoms with Crippen LogP contribution in [0.15, 0.2) is 65.1 Å². The van der Waals surface area contributed by atoms with E-state index in [1.165, 1.54) is 0 Å². The molecule has 0 spiro atoms. The molecule has 3 aromatic rings. The molecule has 0 radical (unpaired) electrons. The van der Waals surface area contributed by atoms with Crippen LogP contribution < -0.4 is 4.74 Å². The number of morpholine rings is 1. The van der Waals surface area contributed by atoms with Crippen molar-refractivity contribution in [1.82, 2.24) is 15.1 Å². The van der Waals surface area contributed by atoms with Crippen molar-refractivity contribution in [3.8, 4) is 17.2 Å². The second-order valence-electron chi connectivity index (χ2n) is 7.15. The molecule has 1 aromatic heterocycles. The first-order valence-corrected chi connectivity index (χ1v) is 11.7. The summed E-state index contributed by atoms with van der Waals surface area (Å²) in [6.45, 7) is 5.26. The van der Waals surface area contributed by atoms with Crippen LogP contribution >= 0.6 is 11.8 Å². The van der Waals surface area contributed by atoms with Gasteiger partial charge < -0.3 is 13.9 Å². The van der Waals surface area contributed by atoms with E-state index < -0.39 is 0 Å². The van der Waals surface area contributed by atoms with Gasteiger partial charge in [0.15, 0.2) is 0 Å². The summed E-state index contributed by atoms with van der Waals surface area (Å²) >= 11 is 1.72. The van der Waals surface area contributed by atoms with Crippen LogP contribution in [-0.4, -0.2) is 60.3 Å². The Balaban J connectivity index is 1.20. The Morgan fingerprint density at radius 2 is 1.81 bits per heavy atom. The highest BCUT2D eigenvalue weighted by molar-refractivity contribution is 7.98. The highest BCUT2D eigenvalue weighted by Gasteiger charge is 2.09. The number of nitrogens with zero attached hydrogens (tertiary/aromatic N) is 3. The van der Waals surface area contributed by atoms with Crippen molar-refractivity contribution in [3.05, 3.63) is 72.1 Å². The molecule has 1 aliphatic heterocycles. The fraction of sp³-hybridized carbons (Fsp3) is 0.333. The fourth-order valence-corrected chi connectivity index (χ4v) is 3.82. The quantitative estimate of drug-likeness (QED) is 0.436. The van der Waals surface area contributed by atoms with E-state index in [1.807, 2.05) is 42.5 Å². The Hall–Kier alpha value is -2.61. The molecule has 2 heterocycles. The van der Waals surface area contributed by atoms with Gasteiger partial charge in [-0.3, -0.25) is 4.90 Å². The molecule has 0 atom stereocenters. The number of hydrogen-bond donors (Lipinski definition) is 0. The first-order chi connectivity index (χ1) is 15.4. The maximum absolute atomic E-state index is 5.81. The van der Waals surface area contributed by atoms with E-state index in [9.17, 15) is 0 Å². The van der Waals surface area contributed by atoms with Crippen LogP contribution in [0, 0.1) is 0 Å². The van der Waals surface area contributed by atoms with Gasteiger partial charge in [-0.05, 0) is 29.8 Å². The van der Waals surface area contributed by atoms with Crippen molar-refractivity contribution in [2.24, 2.45) is 0 Å². The molecule has 0 saturated carbocycles. The molecule has 1 fully saturated rings. The third kappa shape index (κ3) is 6.95. The lowest BCUT2D eigenvalue weighted by Gasteiger charge is -2.25. The average molecular weight is 438 g/mol. The number of thioether (sulfide) groups is 1. The predicted molar refractivity (Wildman–Crippen MR) is 124 cm³/mol. The summed E-state index contributed by atoms with van der Waals surface area (Å²) in [5.41, 5.74) is 2.09. The van der Waals surface area contributed by atoms with Crippen LogP contribution in [0.1, 0.15) is 11.5 Å². The minimum Gasteiger partial charge on any atom is -0.493 e. The van der Waals surface area contributed by atoms with E-state index in [0.29, 0.717) is 24.1 Å². The van der Waals surface area contributed by atoms with Crippen LogP contribution in [0.5, 0.6) is 5.75 Å². The van der Waals surface area contributed by atoms with Gasteiger partial charge in [0.2, 0.25) is 11.8 Å². The monoisotopic (exact) mass is 437 g/mol. The van der Waals surface area contributed by atoms with Gasteiger partial charge in [0.1, 0.15) is 5.75 Å². The molecular weight excluding hydrogens is 410 g/mol. The van der Waals surface area contributed by atoms with Crippen molar-refractivity contribution in [2.75, 3.05) is 45.2 Å². The first kappa shape index (κ1) is 21.6. The molecule has 0 unspecified atom stereocenters. The van der Waals surface area contributed by atoms with E-state index in [2.05, 4.69) is 39.4 Å². The second kappa shape index (κ2) is 11.7. The predicted octanol–water partition coefficient (Wildman–Crippen LogP) is 4.39. The summed E-state index contributed by atoms with van der Waals surface area (Å²) in [5.74, 6) is 3.61. The molecular formula is C24H27N3O3S. The SMILES string of the molecule is C(=C\c1ccc(-c2nnc(CSCCOc3ccccc3)o2)cc1)/CN1CCOCC1. The Morgan fingerprint density at radius 1 is 1.00 bits per heavy atom. The molecule has 1 saturated heterocycles. The van der Waals surface area contributed by atoms with Crippen LogP contribution in [0.4, 0.5) is 0 Å². The number of para-hydroxylation sites is 1. The van der Waals surface area contributed by atoms with E-state index in [0.717, 1.165) is 55.5 Å². The molecule has 31 heavy (non-hydrogen) atoms. The van der Waals surface area contributed by atoms with Crippen molar-refractivity contribution < 1.29 is 13.9 Å². The van der Waals surface area contributed by atoms with E-state index >= 15 is 0 Å². The zero-order chi connectivity index (χ0) is 21.1. The minimum atomic E-state index is 0.556. The maximum atomic E-state index is 5.81. The number of benzene rings is 2. The fourth-order valence-electron chi connectivity index (χ4n) is 3.18. The lowest BCUT2D eigenvalue weighted by atomic mass is 10.1. The van der Waals surface area contributed by atoms with Gasteiger partial charge in [-0.15, -0.1) is 22.0 Å². The third-order valence-corrected chi connectivity index (χ3v) is 5.77. The van der Waals surface area contributed by atoms with E-state index in [1.54, 1.807) is 11.8 Å². The molecule has 0 aliphatic carbocycles. The Kier molecular flexibility index (Phi) is 8.15. The number of rotatable bonds is 10. The molecule has 7 heteroatoms.